The molecule has 1 atom stereocenters. The molecule has 0 saturated carbocycles. The van der Waals surface area contributed by atoms with Gasteiger partial charge in [0.2, 0.25) is 0 Å². The number of hydrogen-bond acceptors (Lipinski definition) is 3. The molecule has 0 heterocycles. The van der Waals surface area contributed by atoms with Crippen LogP contribution in [0.25, 0.3) is 0 Å². The van der Waals surface area contributed by atoms with Crippen LogP contribution < -0.4 is 10.1 Å². The molecule has 1 rings (SSSR count). The fourth-order valence-corrected chi connectivity index (χ4v) is 1.83. The van der Waals surface area contributed by atoms with Gasteiger partial charge < -0.3 is 14.8 Å². The Morgan fingerprint density at radius 1 is 1.12 bits per heavy atom. The Morgan fingerprint density at radius 3 is 2.06 bits per heavy atom. The van der Waals surface area contributed by atoms with Gasteiger partial charge in [-0.05, 0) is 38.6 Å². The minimum Gasteiger partial charge on any atom is -0.497 e. The average Bonchev–Trinajstić information content (AvgIpc) is 2.30. The van der Waals surface area contributed by atoms with Crippen LogP contribution in [-0.2, 0) is 4.74 Å². The molecule has 1 aromatic rings. The predicted octanol–water partition coefficient (Wildman–Crippen LogP) is 2.38. The SMILES string of the molecule is CNC(c1ccc(OC)cc1)C(C)(C)OC. The Bertz CT molecular complexity index is 319. The van der Waals surface area contributed by atoms with E-state index in [0.29, 0.717) is 0 Å². The molecule has 0 fully saturated rings. The standard InChI is InChI=1S/C13H21NO2/c1-13(2,16-5)12(14-3)10-6-8-11(15-4)9-7-10/h6-9,12,14H,1-5H3. The Kier molecular flexibility index (Phi) is 4.33. The van der Waals surface area contributed by atoms with Crippen LogP contribution in [0.3, 0.4) is 0 Å². The molecule has 3 heteroatoms. The monoisotopic (exact) mass is 223 g/mol. The topological polar surface area (TPSA) is 30.5 Å². The second-order valence-electron chi connectivity index (χ2n) is 4.30. The van der Waals surface area contributed by atoms with Crippen molar-refractivity contribution in [1.29, 1.82) is 0 Å². The fraction of sp³-hybridized carbons (Fsp3) is 0.538. The number of benzene rings is 1. The fourth-order valence-electron chi connectivity index (χ4n) is 1.83. The molecule has 0 aliphatic heterocycles. The van der Waals surface area contributed by atoms with Gasteiger partial charge in [0, 0.05) is 7.11 Å². The molecule has 1 aromatic carbocycles. The largest absolute Gasteiger partial charge is 0.497 e. The van der Waals surface area contributed by atoms with E-state index in [1.54, 1.807) is 14.2 Å². The molecule has 0 amide bonds. The Morgan fingerprint density at radius 2 is 1.69 bits per heavy atom. The third kappa shape index (κ3) is 2.74. The summed E-state index contributed by atoms with van der Waals surface area (Å²) in [5, 5.41) is 3.28. The lowest BCUT2D eigenvalue weighted by Crippen LogP contribution is -2.39. The molecule has 16 heavy (non-hydrogen) atoms. The molecule has 0 spiro atoms. The van der Waals surface area contributed by atoms with E-state index >= 15 is 0 Å². The zero-order valence-electron chi connectivity index (χ0n) is 10.7. The van der Waals surface area contributed by atoms with Crippen LogP contribution >= 0.6 is 0 Å². The Hall–Kier alpha value is -1.06. The maximum Gasteiger partial charge on any atom is 0.118 e. The first-order valence-electron chi connectivity index (χ1n) is 5.41. The molecule has 3 nitrogen and oxygen atoms in total. The average molecular weight is 223 g/mol. The van der Waals surface area contributed by atoms with Crippen LogP contribution in [0.5, 0.6) is 5.75 Å². The van der Waals surface area contributed by atoms with Crippen molar-refractivity contribution in [2.24, 2.45) is 0 Å². The molecule has 0 aromatic heterocycles. The molecular formula is C13H21NO2. The first kappa shape index (κ1) is 13.0. The number of methoxy groups -OCH3 is 2. The van der Waals surface area contributed by atoms with Crippen LogP contribution in [0.2, 0.25) is 0 Å². The summed E-state index contributed by atoms with van der Waals surface area (Å²) in [5.41, 5.74) is 0.943. The molecule has 90 valence electrons. The normalized spacial score (nSPS) is 13.6. The predicted molar refractivity (Wildman–Crippen MR) is 65.9 cm³/mol. The Labute approximate surface area is 97.8 Å². The van der Waals surface area contributed by atoms with Gasteiger partial charge in [0.1, 0.15) is 5.75 Å². The van der Waals surface area contributed by atoms with Crippen molar-refractivity contribution in [1.82, 2.24) is 5.32 Å². The highest BCUT2D eigenvalue weighted by Crippen LogP contribution is 2.28. The van der Waals surface area contributed by atoms with Crippen molar-refractivity contribution in [2.45, 2.75) is 25.5 Å². The van der Waals surface area contributed by atoms with Crippen LogP contribution in [0, 0.1) is 0 Å². The quantitative estimate of drug-likeness (QED) is 0.831. The lowest BCUT2D eigenvalue weighted by molar-refractivity contribution is -0.00899. The van der Waals surface area contributed by atoms with Crippen molar-refractivity contribution in [3.8, 4) is 5.75 Å². The summed E-state index contributed by atoms with van der Waals surface area (Å²) in [6.45, 7) is 4.14. The number of hydrogen-bond donors (Lipinski definition) is 1. The lowest BCUT2D eigenvalue weighted by Gasteiger charge is -2.33. The summed E-state index contributed by atoms with van der Waals surface area (Å²) in [7, 11) is 5.34. The summed E-state index contributed by atoms with van der Waals surface area (Å²) in [4.78, 5) is 0. The third-order valence-corrected chi connectivity index (χ3v) is 2.96. The number of nitrogens with one attached hydrogen (secondary N) is 1. The molecule has 1 N–H and O–H groups in total. The highest BCUT2D eigenvalue weighted by atomic mass is 16.5. The minimum atomic E-state index is -0.247. The third-order valence-electron chi connectivity index (χ3n) is 2.96. The first-order chi connectivity index (χ1) is 7.55. The van der Waals surface area contributed by atoms with E-state index in [0.717, 1.165) is 5.75 Å². The van der Waals surface area contributed by atoms with E-state index in [4.69, 9.17) is 9.47 Å². The van der Waals surface area contributed by atoms with Crippen LogP contribution in [0.4, 0.5) is 0 Å². The summed E-state index contributed by atoms with van der Waals surface area (Å²) < 4.78 is 10.7. The summed E-state index contributed by atoms with van der Waals surface area (Å²) in [6, 6.07) is 8.20. The lowest BCUT2D eigenvalue weighted by atomic mass is 9.92. The first-order valence-corrected chi connectivity index (χ1v) is 5.41. The second kappa shape index (κ2) is 5.32. The number of likely N-dealkylation sites (N-methyl/N-ethyl adjacent to an activating group) is 1. The van der Waals surface area contributed by atoms with Crippen LogP contribution in [-0.4, -0.2) is 26.9 Å². The highest BCUT2D eigenvalue weighted by Gasteiger charge is 2.29. The Balaban J connectivity index is 2.95. The van der Waals surface area contributed by atoms with Crippen molar-refractivity contribution in [3.63, 3.8) is 0 Å². The molecule has 1 unspecified atom stereocenters. The molecular weight excluding hydrogens is 202 g/mol. The van der Waals surface area contributed by atoms with Gasteiger partial charge in [-0.2, -0.15) is 0 Å². The zero-order chi connectivity index (χ0) is 12.2. The van der Waals surface area contributed by atoms with E-state index in [9.17, 15) is 0 Å². The maximum atomic E-state index is 5.51. The van der Waals surface area contributed by atoms with Gasteiger partial charge in [0.05, 0.1) is 18.8 Å². The smallest absolute Gasteiger partial charge is 0.118 e. The van der Waals surface area contributed by atoms with Gasteiger partial charge in [-0.15, -0.1) is 0 Å². The van der Waals surface area contributed by atoms with Crippen LogP contribution in [0.15, 0.2) is 24.3 Å². The molecule has 0 aliphatic carbocycles. The zero-order valence-corrected chi connectivity index (χ0v) is 10.7. The number of ether oxygens (including phenoxy) is 2. The van der Waals surface area contributed by atoms with Gasteiger partial charge in [0.15, 0.2) is 0 Å². The summed E-state index contributed by atoms with van der Waals surface area (Å²) in [5.74, 6) is 0.869. The van der Waals surface area contributed by atoms with Gasteiger partial charge in [0.25, 0.3) is 0 Å². The summed E-state index contributed by atoms with van der Waals surface area (Å²) >= 11 is 0. The van der Waals surface area contributed by atoms with E-state index in [1.165, 1.54) is 5.56 Å². The number of rotatable bonds is 5. The molecule has 0 bridgehead atoms. The molecule has 0 radical (unpaired) electrons. The molecule has 0 aliphatic rings. The second-order valence-corrected chi connectivity index (χ2v) is 4.30. The van der Waals surface area contributed by atoms with Crippen molar-refractivity contribution >= 4 is 0 Å². The van der Waals surface area contributed by atoms with Gasteiger partial charge in [-0.25, -0.2) is 0 Å². The van der Waals surface area contributed by atoms with Crippen molar-refractivity contribution < 1.29 is 9.47 Å². The van der Waals surface area contributed by atoms with Crippen LogP contribution in [0.1, 0.15) is 25.5 Å². The minimum absolute atomic E-state index is 0.156. The van der Waals surface area contributed by atoms with E-state index in [1.807, 2.05) is 19.2 Å². The van der Waals surface area contributed by atoms with Crippen molar-refractivity contribution in [2.75, 3.05) is 21.3 Å². The van der Waals surface area contributed by atoms with Gasteiger partial charge >= 0.3 is 0 Å². The van der Waals surface area contributed by atoms with E-state index in [-0.39, 0.29) is 11.6 Å². The van der Waals surface area contributed by atoms with E-state index in [2.05, 4.69) is 31.3 Å². The maximum absolute atomic E-state index is 5.51. The van der Waals surface area contributed by atoms with E-state index < -0.39 is 0 Å². The summed E-state index contributed by atoms with van der Waals surface area (Å²) in [6.07, 6.45) is 0. The van der Waals surface area contributed by atoms with Gasteiger partial charge in [-0.3, -0.25) is 0 Å². The highest BCUT2D eigenvalue weighted by molar-refractivity contribution is 5.30. The van der Waals surface area contributed by atoms with Gasteiger partial charge in [-0.1, -0.05) is 12.1 Å². The van der Waals surface area contributed by atoms with Crippen molar-refractivity contribution in [3.05, 3.63) is 29.8 Å². The molecule has 0 saturated heterocycles.